The van der Waals surface area contributed by atoms with Crippen LogP contribution in [-0.4, -0.2) is 40.9 Å². The number of aromatic nitrogens is 2. The van der Waals surface area contributed by atoms with Gasteiger partial charge in [-0.15, -0.1) is 10.2 Å². The van der Waals surface area contributed by atoms with Gasteiger partial charge >= 0.3 is 0 Å². The van der Waals surface area contributed by atoms with Crippen LogP contribution in [0.1, 0.15) is 11.1 Å². The van der Waals surface area contributed by atoms with E-state index < -0.39 is 0 Å². The third kappa shape index (κ3) is 4.71. The molecule has 0 aliphatic rings. The van der Waals surface area contributed by atoms with Gasteiger partial charge < -0.3 is 10.2 Å². The zero-order valence-electron chi connectivity index (χ0n) is 12.3. The number of thioether (sulfide) groups is 1. The fourth-order valence-electron chi connectivity index (χ4n) is 1.66. The highest BCUT2D eigenvalue weighted by Crippen LogP contribution is 2.25. The Morgan fingerprint density at radius 1 is 1.33 bits per heavy atom. The van der Waals surface area contributed by atoms with Crippen molar-refractivity contribution in [1.29, 1.82) is 0 Å². The molecule has 0 saturated heterocycles. The second kappa shape index (κ2) is 7.42. The van der Waals surface area contributed by atoms with Crippen LogP contribution in [0, 0.1) is 6.92 Å². The van der Waals surface area contributed by atoms with Gasteiger partial charge in [-0.05, 0) is 12.5 Å². The van der Waals surface area contributed by atoms with Crippen molar-refractivity contribution < 1.29 is 4.79 Å². The molecule has 1 aromatic heterocycles. The van der Waals surface area contributed by atoms with Gasteiger partial charge in [0.15, 0.2) is 4.34 Å². The van der Waals surface area contributed by atoms with Crippen LogP contribution in [0.25, 0.3) is 0 Å². The van der Waals surface area contributed by atoms with Gasteiger partial charge in [-0.3, -0.25) is 4.79 Å². The number of carbonyl (C=O) groups is 1. The summed E-state index contributed by atoms with van der Waals surface area (Å²) in [5, 5.41) is 11.6. The minimum atomic E-state index is 0.0850. The molecule has 1 N–H and O–H groups in total. The summed E-state index contributed by atoms with van der Waals surface area (Å²) in [4.78, 5) is 13.8. The Morgan fingerprint density at radius 3 is 2.67 bits per heavy atom. The largest absolute Gasteiger partial charge is 0.363 e. The Balaban J connectivity index is 1.83. The Hall–Kier alpha value is -1.60. The third-order valence-corrected chi connectivity index (χ3v) is 4.96. The summed E-state index contributed by atoms with van der Waals surface area (Å²) in [6, 6.07) is 8.22. The standard InChI is InChI=1S/C14H18N4OS2/c1-10-4-6-11(7-5-10)8-18(3)12(19)9-20-14-17-16-13(15-2)21-14/h4-7H,8-9H2,1-3H3,(H,15,16). The summed E-state index contributed by atoms with van der Waals surface area (Å²) in [6.45, 7) is 2.67. The number of rotatable bonds is 6. The Morgan fingerprint density at radius 2 is 2.05 bits per heavy atom. The van der Waals surface area contributed by atoms with Crippen molar-refractivity contribution in [2.24, 2.45) is 0 Å². The first-order chi connectivity index (χ1) is 10.1. The lowest BCUT2D eigenvalue weighted by Gasteiger charge is -2.16. The molecule has 1 amide bonds. The molecule has 2 aromatic rings. The third-order valence-electron chi connectivity index (χ3n) is 2.91. The molecule has 0 saturated carbocycles. The molecule has 21 heavy (non-hydrogen) atoms. The maximum atomic E-state index is 12.1. The first kappa shape index (κ1) is 15.8. The topological polar surface area (TPSA) is 58.1 Å². The zero-order chi connectivity index (χ0) is 15.2. The molecule has 7 heteroatoms. The zero-order valence-corrected chi connectivity index (χ0v) is 13.9. The fraction of sp³-hybridized carbons (Fsp3) is 0.357. The molecule has 0 unspecified atom stereocenters. The second-order valence-electron chi connectivity index (χ2n) is 4.65. The van der Waals surface area contributed by atoms with Gasteiger partial charge in [0.2, 0.25) is 11.0 Å². The van der Waals surface area contributed by atoms with Crippen LogP contribution in [-0.2, 0) is 11.3 Å². The molecule has 0 bridgehead atoms. The molecule has 0 aliphatic carbocycles. The maximum absolute atomic E-state index is 12.1. The van der Waals surface area contributed by atoms with Crippen molar-refractivity contribution in [1.82, 2.24) is 15.1 Å². The van der Waals surface area contributed by atoms with E-state index in [0.29, 0.717) is 12.3 Å². The Labute approximate surface area is 132 Å². The molecule has 1 heterocycles. The van der Waals surface area contributed by atoms with Gasteiger partial charge in [0, 0.05) is 20.6 Å². The van der Waals surface area contributed by atoms with Crippen molar-refractivity contribution in [3.63, 3.8) is 0 Å². The molecule has 1 aromatic carbocycles. The highest BCUT2D eigenvalue weighted by atomic mass is 32.2. The summed E-state index contributed by atoms with van der Waals surface area (Å²) in [5.74, 6) is 0.461. The van der Waals surface area contributed by atoms with Gasteiger partial charge in [0.25, 0.3) is 0 Å². The van der Waals surface area contributed by atoms with Gasteiger partial charge in [0.1, 0.15) is 0 Å². The van der Waals surface area contributed by atoms with E-state index in [1.165, 1.54) is 28.7 Å². The first-order valence-electron chi connectivity index (χ1n) is 6.52. The average molecular weight is 322 g/mol. The highest BCUT2D eigenvalue weighted by molar-refractivity contribution is 8.01. The van der Waals surface area contributed by atoms with Crippen LogP contribution in [0.15, 0.2) is 28.6 Å². The van der Waals surface area contributed by atoms with Crippen molar-refractivity contribution in [3.8, 4) is 0 Å². The van der Waals surface area contributed by atoms with Crippen LogP contribution in [0.5, 0.6) is 0 Å². The van der Waals surface area contributed by atoms with Crippen LogP contribution in [0.2, 0.25) is 0 Å². The molecule has 2 rings (SSSR count). The summed E-state index contributed by atoms with van der Waals surface area (Å²) in [6.07, 6.45) is 0. The molecule has 5 nitrogen and oxygen atoms in total. The second-order valence-corrected chi connectivity index (χ2v) is 6.85. The van der Waals surface area contributed by atoms with Crippen LogP contribution >= 0.6 is 23.1 Å². The average Bonchev–Trinajstić information content (AvgIpc) is 2.95. The molecular weight excluding hydrogens is 304 g/mol. The number of benzene rings is 1. The molecule has 0 radical (unpaired) electrons. The number of carbonyl (C=O) groups excluding carboxylic acids is 1. The van der Waals surface area contributed by atoms with E-state index >= 15 is 0 Å². The summed E-state index contributed by atoms with van der Waals surface area (Å²) in [7, 11) is 3.62. The Kier molecular flexibility index (Phi) is 5.58. The minimum Gasteiger partial charge on any atom is -0.363 e. The van der Waals surface area contributed by atoms with Crippen LogP contribution in [0.4, 0.5) is 5.13 Å². The number of hydrogen-bond acceptors (Lipinski definition) is 6. The lowest BCUT2D eigenvalue weighted by atomic mass is 10.1. The molecule has 0 fully saturated rings. The predicted octanol–water partition coefficient (Wildman–Crippen LogP) is 2.64. The van der Waals surface area contributed by atoms with E-state index in [1.54, 1.807) is 11.9 Å². The van der Waals surface area contributed by atoms with Gasteiger partial charge in [0.05, 0.1) is 5.75 Å². The lowest BCUT2D eigenvalue weighted by Crippen LogP contribution is -2.27. The van der Waals surface area contributed by atoms with E-state index in [-0.39, 0.29) is 5.91 Å². The lowest BCUT2D eigenvalue weighted by molar-refractivity contribution is -0.127. The number of nitrogens with zero attached hydrogens (tertiary/aromatic N) is 3. The molecular formula is C14H18N4OS2. The maximum Gasteiger partial charge on any atom is 0.233 e. The van der Waals surface area contributed by atoms with E-state index in [4.69, 9.17) is 0 Å². The number of aryl methyl sites for hydroxylation is 1. The molecule has 112 valence electrons. The monoisotopic (exact) mass is 322 g/mol. The summed E-state index contributed by atoms with van der Waals surface area (Å²) in [5.41, 5.74) is 2.36. The number of hydrogen-bond donors (Lipinski definition) is 1. The van der Waals surface area contributed by atoms with Crippen molar-refractivity contribution in [2.45, 2.75) is 17.8 Å². The van der Waals surface area contributed by atoms with Gasteiger partial charge in [-0.1, -0.05) is 52.9 Å². The van der Waals surface area contributed by atoms with Crippen LogP contribution in [0.3, 0.4) is 0 Å². The minimum absolute atomic E-state index is 0.0850. The van der Waals surface area contributed by atoms with Crippen molar-refractivity contribution in [3.05, 3.63) is 35.4 Å². The van der Waals surface area contributed by atoms with Gasteiger partial charge in [-0.2, -0.15) is 0 Å². The summed E-state index contributed by atoms with van der Waals surface area (Å²) >= 11 is 2.87. The summed E-state index contributed by atoms with van der Waals surface area (Å²) < 4.78 is 0.802. The number of nitrogens with one attached hydrogen (secondary N) is 1. The molecule has 0 spiro atoms. The van der Waals surface area contributed by atoms with E-state index in [9.17, 15) is 4.79 Å². The number of anilines is 1. The normalized spacial score (nSPS) is 10.4. The van der Waals surface area contributed by atoms with Gasteiger partial charge in [-0.25, -0.2) is 0 Å². The van der Waals surface area contributed by atoms with Crippen LogP contribution < -0.4 is 5.32 Å². The highest BCUT2D eigenvalue weighted by Gasteiger charge is 2.12. The number of amides is 1. The van der Waals surface area contributed by atoms with E-state index in [1.807, 2.05) is 7.05 Å². The van der Waals surface area contributed by atoms with E-state index in [2.05, 4.69) is 46.7 Å². The molecule has 0 aliphatic heterocycles. The van der Waals surface area contributed by atoms with Crippen molar-refractivity contribution in [2.75, 3.05) is 25.2 Å². The van der Waals surface area contributed by atoms with E-state index in [0.717, 1.165) is 15.0 Å². The first-order valence-corrected chi connectivity index (χ1v) is 8.32. The Bertz CT molecular complexity index is 597. The SMILES string of the molecule is CNc1nnc(SCC(=O)N(C)Cc2ccc(C)cc2)s1. The van der Waals surface area contributed by atoms with Crippen molar-refractivity contribution >= 4 is 34.1 Å². The predicted molar refractivity (Wildman–Crippen MR) is 87.8 cm³/mol. The fourth-order valence-corrected chi connectivity index (χ4v) is 3.30. The quantitative estimate of drug-likeness (QED) is 0.829. The smallest absolute Gasteiger partial charge is 0.233 e. The molecule has 0 atom stereocenters.